The summed E-state index contributed by atoms with van der Waals surface area (Å²) in [5, 5.41) is 9.86. The van der Waals surface area contributed by atoms with Gasteiger partial charge in [0.25, 0.3) is 10.7 Å². The molecule has 2 heterocycles. The minimum absolute atomic E-state index is 0.125. The van der Waals surface area contributed by atoms with Crippen molar-refractivity contribution < 1.29 is 37.4 Å². The molecule has 2 unspecified atom stereocenters. The highest BCUT2D eigenvalue weighted by Gasteiger charge is 2.58. The van der Waals surface area contributed by atoms with E-state index in [0.717, 1.165) is 12.3 Å². The number of esters is 1. The molecule has 0 spiro atoms. The number of halogens is 2. The largest absolute Gasteiger partial charge is 0.462 e. The van der Waals surface area contributed by atoms with Crippen LogP contribution in [-0.4, -0.2) is 56.7 Å². The molecule has 36 heavy (non-hydrogen) atoms. The van der Waals surface area contributed by atoms with Gasteiger partial charge in [0.15, 0.2) is 6.23 Å². The Labute approximate surface area is 209 Å². The summed E-state index contributed by atoms with van der Waals surface area (Å²) in [6.45, 7) is 3.93. The van der Waals surface area contributed by atoms with E-state index in [1.165, 1.54) is 19.1 Å². The van der Waals surface area contributed by atoms with Crippen LogP contribution in [0.25, 0.3) is 0 Å². The molecule has 1 aliphatic heterocycles. The van der Waals surface area contributed by atoms with Crippen LogP contribution >= 0.6 is 19.3 Å². The minimum Gasteiger partial charge on any atom is -0.462 e. The molecular weight excluding hydrogens is 524 g/mol. The third-order valence-corrected chi connectivity index (χ3v) is 6.97. The molecule has 1 fully saturated rings. The number of nitrogens with one attached hydrogen (secondary N) is 2. The maximum absolute atomic E-state index is 15.2. The topological polar surface area (TPSA) is 158 Å². The highest BCUT2D eigenvalue weighted by molar-refractivity contribution is 7.52. The Morgan fingerprint density at radius 3 is 2.58 bits per heavy atom. The van der Waals surface area contributed by atoms with Crippen LogP contribution in [-0.2, 0) is 23.4 Å². The van der Waals surface area contributed by atoms with E-state index in [-0.39, 0.29) is 5.75 Å². The van der Waals surface area contributed by atoms with Crippen LogP contribution in [0.4, 0.5) is 4.39 Å². The molecule has 15 heteroatoms. The Morgan fingerprint density at radius 1 is 1.31 bits per heavy atom. The number of aliphatic hydroxyl groups excluding tert-OH is 1. The molecule has 3 N–H and O–H groups in total. The number of alkyl halides is 2. The smallest absolute Gasteiger partial charge is 0.459 e. The SMILES string of the molecule is CC(C)OC(=O)[C@H](C)NP(=O)(OC[C@H]1OC(n2ccc(=O)[nH]c2=O)[C@@](F)(Cl)[C@@H]1O)Oc1ccccc1. The van der Waals surface area contributed by atoms with E-state index in [1.807, 2.05) is 4.98 Å². The normalized spacial score (nSPS) is 26.4. The number of nitrogens with zero attached hydrogens (tertiary/aromatic N) is 1. The zero-order chi connectivity index (χ0) is 26.7. The van der Waals surface area contributed by atoms with Crippen LogP contribution < -0.4 is 20.9 Å². The number of hydrogen-bond acceptors (Lipinski definition) is 9. The summed E-state index contributed by atoms with van der Waals surface area (Å²) in [6, 6.07) is 7.68. The number of benzene rings is 1. The maximum atomic E-state index is 15.2. The average molecular weight is 550 g/mol. The molecular formula is C21H26ClFN3O9P. The van der Waals surface area contributed by atoms with Crippen LogP contribution in [0.1, 0.15) is 27.0 Å². The predicted molar refractivity (Wildman–Crippen MR) is 125 cm³/mol. The third-order valence-electron chi connectivity index (χ3n) is 4.92. The van der Waals surface area contributed by atoms with Gasteiger partial charge in [0.2, 0.25) is 0 Å². The van der Waals surface area contributed by atoms with E-state index < -0.39 is 67.3 Å². The summed E-state index contributed by atoms with van der Waals surface area (Å²) in [7, 11) is -4.35. The minimum atomic E-state index is -4.35. The van der Waals surface area contributed by atoms with Gasteiger partial charge in [-0.25, -0.2) is 13.8 Å². The van der Waals surface area contributed by atoms with Crippen molar-refractivity contribution in [2.75, 3.05) is 6.61 Å². The van der Waals surface area contributed by atoms with E-state index in [0.29, 0.717) is 4.57 Å². The lowest BCUT2D eigenvalue weighted by Gasteiger charge is -2.25. The van der Waals surface area contributed by atoms with E-state index in [1.54, 1.807) is 32.0 Å². The molecule has 2 aromatic rings. The van der Waals surface area contributed by atoms with Gasteiger partial charge in [0.1, 0.15) is 24.0 Å². The van der Waals surface area contributed by atoms with E-state index in [2.05, 4.69) is 5.09 Å². The molecule has 0 saturated carbocycles. The Hall–Kier alpha value is -2.54. The van der Waals surface area contributed by atoms with Crippen molar-refractivity contribution in [3.8, 4) is 5.75 Å². The van der Waals surface area contributed by atoms with E-state index >= 15 is 4.39 Å². The van der Waals surface area contributed by atoms with Gasteiger partial charge in [0.05, 0.1) is 12.7 Å². The van der Waals surface area contributed by atoms with Crippen LogP contribution in [0.15, 0.2) is 52.2 Å². The molecule has 6 atom stereocenters. The summed E-state index contributed by atoms with van der Waals surface area (Å²) < 4.78 is 50.8. The standard InChI is InChI=1S/C21H26ClFN3O9P/c1-12(2)33-18(29)13(3)25-36(31,35-14-7-5-4-6-8-14)32-11-15-17(28)21(22,23)19(34-15)26-10-9-16(27)24-20(26)30/h4-10,12-13,15,17,19,28H,11H2,1-3H3,(H,25,31)(H,24,27,30)/t13-,15+,17+,19?,21+,36?/m0/s1. The van der Waals surface area contributed by atoms with Gasteiger partial charge in [-0.15, -0.1) is 0 Å². The molecule has 0 amide bonds. The molecule has 0 radical (unpaired) electrons. The number of carbonyl (C=O) groups is 1. The quantitative estimate of drug-likeness (QED) is 0.227. The Morgan fingerprint density at radius 2 is 1.97 bits per heavy atom. The first-order valence-electron chi connectivity index (χ1n) is 10.8. The monoisotopic (exact) mass is 549 g/mol. The van der Waals surface area contributed by atoms with Gasteiger partial charge in [0, 0.05) is 12.3 Å². The fourth-order valence-electron chi connectivity index (χ4n) is 3.22. The Kier molecular flexibility index (Phi) is 8.75. The molecule has 0 bridgehead atoms. The summed E-state index contributed by atoms with van der Waals surface area (Å²) >= 11 is 5.85. The fourth-order valence-corrected chi connectivity index (χ4v) is 5.02. The van der Waals surface area contributed by atoms with Gasteiger partial charge in [-0.1, -0.05) is 29.8 Å². The number of rotatable bonds is 10. The third kappa shape index (κ3) is 6.61. The van der Waals surface area contributed by atoms with Crippen molar-refractivity contribution in [1.82, 2.24) is 14.6 Å². The second kappa shape index (κ2) is 11.2. The highest BCUT2D eigenvalue weighted by atomic mass is 35.5. The number of aromatic nitrogens is 2. The second-order valence-electron chi connectivity index (χ2n) is 8.20. The van der Waals surface area contributed by atoms with Gasteiger partial charge in [-0.3, -0.25) is 23.7 Å². The van der Waals surface area contributed by atoms with Crippen molar-refractivity contribution in [1.29, 1.82) is 0 Å². The lowest BCUT2D eigenvalue weighted by Crippen LogP contribution is -2.42. The lowest BCUT2D eigenvalue weighted by molar-refractivity contribution is -0.149. The molecule has 1 aromatic carbocycles. The number of H-pyrrole nitrogens is 1. The summed E-state index contributed by atoms with van der Waals surface area (Å²) in [5.41, 5.74) is -1.76. The van der Waals surface area contributed by atoms with Crippen LogP contribution in [0.3, 0.4) is 0 Å². The molecule has 1 saturated heterocycles. The van der Waals surface area contributed by atoms with Gasteiger partial charge < -0.3 is 19.1 Å². The van der Waals surface area contributed by atoms with Crippen LogP contribution in [0.2, 0.25) is 0 Å². The molecule has 1 aromatic heterocycles. The predicted octanol–water partition coefficient (Wildman–Crippen LogP) is 1.83. The van der Waals surface area contributed by atoms with Gasteiger partial charge in [-0.05, 0) is 32.9 Å². The van der Waals surface area contributed by atoms with Crippen LogP contribution in [0.5, 0.6) is 5.75 Å². The average Bonchev–Trinajstić information content (AvgIpc) is 3.01. The first-order valence-corrected chi connectivity index (χ1v) is 12.7. The number of hydrogen-bond donors (Lipinski definition) is 3. The number of aromatic amines is 1. The Bertz CT molecular complexity index is 1220. The first kappa shape index (κ1) is 28.0. The van der Waals surface area contributed by atoms with Crippen LogP contribution in [0, 0.1) is 0 Å². The summed E-state index contributed by atoms with van der Waals surface area (Å²) in [6.07, 6.45) is -4.91. The second-order valence-corrected chi connectivity index (χ2v) is 10.5. The van der Waals surface area contributed by atoms with Crippen molar-refractivity contribution in [3.63, 3.8) is 0 Å². The Balaban J connectivity index is 1.80. The van der Waals surface area contributed by atoms with Crippen molar-refractivity contribution >= 4 is 25.3 Å². The summed E-state index contributed by atoms with van der Waals surface area (Å²) in [5.74, 6) is -0.607. The molecule has 198 valence electrons. The molecule has 3 rings (SSSR count). The van der Waals surface area contributed by atoms with Crippen molar-refractivity contribution in [3.05, 3.63) is 63.4 Å². The maximum Gasteiger partial charge on any atom is 0.459 e. The first-order chi connectivity index (χ1) is 16.8. The fraction of sp³-hybridized carbons (Fsp3) is 0.476. The number of para-hydroxylation sites is 1. The summed E-state index contributed by atoms with van der Waals surface area (Å²) in [4.78, 5) is 37.6. The number of ether oxygens (including phenoxy) is 2. The highest BCUT2D eigenvalue weighted by Crippen LogP contribution is 2.48. The zero-order valence-electron chi connectivity index (χ0n) is 19.5. The molecule has 0 aliphatic carbocycles. The van der Waals surface area contributed by atoms with E-state index in [9.17, 15) is 24.1 Å². The number of carbonyl (C=O) groups excluding carboxylic acids is 1. The lowest BCUT2D eigenvalue weighted by atomic mass is 10.1. The molecule has 12 nitrogen and oxygen atoms in total. The number of aliphatic hydroxyl groups is 1. The molecule has 1 aliphatic rings. The van der Waals surface area contributed by atoms with Crippen molar-refractivity contribution in [2.45, 2.75) is 56.5 Å². The van der Waals surface area contributed by atoms with Crippen molar-refractivity contribution in [2.24, 2.45) is 0 Å². The van der Waals surface area contributed by atoms with Gasteiger partial charge in [-0.2, -0.15) is 5.09 Å². The van der Waals surface area contributed by atoms with E-state index in [4.69, 9.17) is 30.1 Å². The van der Waals surface area contributed by atoms with Gasteiger partial charge >= 0.3 is 19.4 Å². The zero-order valence-corrected chi connectivity index (χ0v) is 21.1.